The lowest BCUT2D eigenvalue weighted by Crippen LogP contribution is -2.43. The number of rotatable bonds is 8. The molecule has 4 rings (SSSR count). The third kappa shape index (κ3) is 8.94. The van der Waals surface area contributed by atoms with E-state index in [1.54, 1.807) is 36.7 Å². The van der Waals surface area contributed by atoms with E-state index in [9.17, 15) is 19.2 Å². The first-order valence-corrected chi connectivity index (χ1v) is 13.8. The maximum Gasteiger partial charge on any atom is 0.346 e. The van der Waals surface area contributed by atoms with Gasteiger partial charge in [0.1, 0.15) is 11.8 Å². The number of likely N-dealkylation sites (tertiary alicyclic amines) is 1. The molecule has 0 spiro atoms. The summed E-state index contributed by atoms with van der Waals surface area (Å²) in [4.78, 5) is 51.7. The van der Waals surface area contributed by atoms with Gasteiger partial charge in [0.25, 0.3) is 0 Å². The van der Waals surface area contributed by atoms with Crippen molar-refractivity contribution in [2.75, 3.05) is 6.54 Å². The van der Waals surface area contributed by atoms with Crippen LogP contribution in [0.25, 0.3) is 0 Å². The molecule has 1 aromatic heterocycles. The zero-order valence-corrected chi connectivity index (χ0v) is 24.8. The average Bonchev–Trinajstić information content (AvgIpc) is 3.32. The Morgan fingerprint density at radius 3 is 2.24 bits per heavy atom. The summed E-state index contributed by atoms with van der Waals surface area (Å²) in [5.74, 6) is -2.84. The van der Waals surface area contributed by atoms with Crippen LogP contribution in [0.2, 0.25) is 15.1 Å². The molecule has 4 N–H and O–H groups in total. The van der Waals surface area contributed by atoms with Crippen molar-refractivity contribution in [1.29, 1.82) is 0 Å². The van der Waals surface area contributed by atoms with E-state index < -0.39 is 30.0 Å². The SMILES string of the molecule is N[C@@H](Cc1ccc(OC(=O)c2c(Cl)cc(Cl)cc2Cl)cc1)C(=O)O.O=C(O)[C@@H]1C(=S)CCN1C(=O)Cc1cccnc1. The van der Waals surface area contributed by atoms with Crippen LogP contribution in [-0.2, 0) is 27.2 Å². The van der Waals surface area contributed by atoms with Gasteiger partial charge in [0, 0.05) is 28.8 Å². The highest BCUT2D eigenvalue weighted by molar-refractivity contribution is 7.80. The second kappa shape index (κ2) is 15.0. The fraction of sp³-hybridized carbons (Fsp3) is 0.214. The number of aliphatic carboxylic acids is 2. The molecular formula is C28H24Cl3N3O7S. The number of carbonyl (C=O) groups is 4. The standard InChI is InChI=1S/C16H12Cl3NO4.C12H12N2O3S/c17-9-6-11(18)14(12(19)7-9)16(23)24-10-3-1-8(2-4-10)5-13(20)15(21)22;15-10(6-8-2-1-4-13-7-8)14-5-3-9(18)11(14)12(16)17/h1-4,6-7,13H,5,20H2,(H,21,22);1-2,4,7,11H,3,5-6H2,(H,16,17)/t13-;11-/m00/s1. The Morgan fingerprint density at radius 1 is 1.05 bits per heavy atom. The Morgan fingerprint density at radius 2 is 1.69 bits per heavy atom. The predicted octanol–water partition coefficient (Wildman–Crippen LogP) is 4.50. The summed E-state index contributed by atoms with van der Waals surface area (Å²) in [5, 5.41) is 18.3. The van der Waals surface area contributed by atoms with Gasteiger partial charge in [0.05, 0.1) is 22.0 Å². The smallest absolute Gasteiger partial charge is 0.346 e. The number of hydrogen-bond acceptors (Lipinski definition) is 8. The van der Waals surface area contributed by atoms with E-state index in [0.717, 1.165) is 5.56 Å². The minimum Gasteiger partial charge on any atom is -0.480 e. The number of nitrogens with two attached hydrogens (primary N) is 1. The Kier molecular flexibility index (Phi) is 11.8. The molecule has 0 radical (unpaired) electrons. The van der Waals surface area contributed by atoms with Crippen molar-refractivity contribution in [1.82, 2.24) is 9.88 Å². The fourth-order valence-electron chi connectivity index (χ4n) is 3.92. The van der Waals surface area contributed by atoms with Crippen molar-refractivity contribution in [2.45, 2.75) is 31.3 Å². The van der Waals surface area contributed by atoms with Crippen molar-refractivity contribution in [2.24, 2.45) is 5.73 Å². The lowest BCUT2D eigenvalue weighted by atomic mass is 10.1. The monoisotopic (exact) mass is 651 g/mol. The van der Waals surface area contributed by atoms with Crippen LogP contribution < -0.4 is 10.5 Å². The summed E-state index contributed by atoms with van der Waals surface area (Å²) >= 11 is 22.7. The first-order chi connectivity index (χ1) is 19.9. The molecule has 14 heteroatoms. The van der Waals surface area contributed by atoms with E-state index >= 15 is 0 Å². The number of pyridine rings is 1. The average molecular weight is 653 g/mol. The molecule has 2 aromatic carbocycles. The molecule has 0 saturated carbocycles. The first-order valence-electron chi connectivity index (χ1n) is 12.2. The highest BCUT2D eigenvalue weighted by Gasteiger charge is 2.37. The normalized spacial score (nSPS) is 14.9. The van der Waals surface area contributed by atoms with Gasteiger partial charge in [-0.3, -0.25) is 14.6 Å². The lowest BCUT2D eigenvalue weighted by Gasteiger charge is -2.21. The molecule has 1 amide bonds. The number of carbonyl (C=O) groups excluding carboxylic acids is 2. The Balaban J connectivity index is 0.000000240. The molecule has 1 aliphatic rings. The predicted molar refractivity (Wildman–Crippen MR) is 160 cm³/mol. The van der Waals surface area contributed by atoms with Crippen molar-refractivity contribution in [3.8, 4) is 5.75 Å². The van der Waals surface area contributed by atoms with E-state index in [4.69, 9.17) is 67.7 Å². The number of esters is 1. The number of halogens is 3. The number of benzene rings is 2. The van der Waals surface area contributed by atoms with Gasteiger partial charge in [0.2, 0.25) is 5.91 Å². The van der Waals surface area contributed by atoms with Crippen LogP contribution in [0.1, 0.15) is 27.9 Å². The topological polar surface area (TPSA) is 160 Å². The van der Waals surface area contributed by atoms with Crippen molar-refractivity contribution < 1.29 is 34.1 Å². The first kappa shape index (κ1) is 32.9. The third-order valence-corrected chi connectivity index (χ3v) is 7.21. The molecule has 1 saturated heterocycles. The summed E-state index contributed by atoms with van der Waals surface area (Å²) < 4.78 is 5.21. The molecular weight excluding hydrogens is 629 g/mol. The summed E-state index contributed by atoms with van der Waals surface area (Å²) in [6, 6.07) is 10.7. The molecule has 1 fully saturated rings. The van der Waals surface area contributed by atoms with E-state index in [1.165, 1.54) is 29.2 Å². The molecule has 220 valence electrons. The summed E-state index contributed by atoms with van der Waals surface area (Å²) in [5.41, 5.74) is 6.95. The number of nitrogens with zero attached hydrogens (tertiary/aromatic N) is 2. The maximum atomic E-state index is 12.2. The quantitative estimate of drug-likeness (QED) is 0.180. The Hall–Kier alpha value is -3.61. The van der Waals surface area contributed by atoms with E-state index in [0.29, 0.717) is 28.4 Å². The summed E-state index contributed by atoms with van der Waals surface area (Å²) in [6.07, 6.45) is 4.02. The van der Waals surface area contributed by atoms with Crippen LogP contribution in [0.3, 0.4) is 0 Å². The second-order valence-electron chi connectivity index (χ2n) is 9.01. The van der Waals surface area contributed by atoms with Gasteiger partial charge in [0.15, 0.2) is 6.04 Å². The molecule has 1 aliphatic heterocycles. The highest BCUT2D eigenvalue weighted by Crippen LogP contribution is 2.30. The Labute approximate surface area is 260 Å². The van der Waals surface area contributed by atoms with Crippen LogP contribution in [0.5, 0.6) is 5.75 Å². The molecule has 2 atom stereocenters. The minimum absolute atomic E-state index is 0.0136. The van der Waals surface area contributed by atoms with Gasteiger partial charge in [-0.25, -0.2) is 9.59 Å². The van der Waals surface area contributed by atoms with Crippen molar-refractivity contribution in [3.05, 3.63) is 92.7 Å². The van der Waals surface area contributed by atoms with Crippen molar-refractivity contribution >= 4 is 75.7 Å². The van der Waals surface area contributed by atoms with E-state index in [1.807, 2.05) is 0 Å². The largest absolute Gasteiger partial charge is 0.480 e. The van der Waals surface area contributed by atoms with E-state index in [-0.39, 0.29) is 40.1 Å². The van der Waals surface area contributed by atoms with Crippen LogP contribution in [-0.4, -0.2) is 67.4 Å². The molecule has 42 heavy (non-hydrogen) atoms. The number of carboxylic acid groups (broad SMARTS) is 2. The minimum atomic E-state index is -1.09. The molecule has 0 aliphatic carbocycles. The number of aromatic nitrogens is 1. The highest BCUT2D eigenvalue weighted by atomic mass is 35.5. The molecule has 3 aromatic rings. The fourth-order valence-corrected chi connectivity index (χ4v) is 5.21. The van der Waals surface area contributed by atoms with E-state index in [2.05, 4.69) is 4.98 Å². The molecule has 0 bridgehead atoms. The molecule has 2 heterocycles. The number of ether oxygens (including phenoxy) is 1. The number of carboxylic acids is 2. The molecule has 10 nitrogen and oxygen atoms in total. The summed E-state index contributed by atoms with van der Waals surface area (Å²) in [6.45, 7) is 0.384. The van der Waals surface area contributed by atoms with Gasteiger partial charge < -0.3 is 25.6 Å². The van der Waals surface area contributed by atoms with Crippen LogP contribution in [0.4, 0.5) is 0 Å². The third-order valence-electron chi connectivity index (χ3n) is 5.97. The Bertz CT molecular complexity index is 1470. The second-order valence-corrected chi connectivity index (χ2v) is 10.8. The lowest BCUT2D eigenvalue weighted by molar-refractivity contribution is -0.145. The van der Waals surface area contributed by atoms with Gasteiger partial charge in [-0.05, 0) is 54.3 Å². The zero-order chi connectivity index (χ0) is 31.0. The number of amides is 1. The van der Waals surface area contributed by atoms with Gasteiger partial charge in [-0.1, -0.05) is 65.2 Å². The summed E-state index contributed by atoms with van der Waals surface area (Å²) in [7, 11) is 0. The maximum absolute atomic E-state index is 12.2. The van der Waals surface area contributed by atoms with Crippen LogP contribution in [0, 0.1) is 0 Å². The number of thiocarbonyl (C=S) groups is 1. The molecule has 0 unspecified atom stereocenters. The zero-order valence-electron chi connectivity index (χ0n) is 21.7. The van der Waals surface area contributed by atoms with Crippen LogP contribution >= 0.6 is 47.0 Å². The van der Waals surface area contributed by atoms with Crippen LogP contribution in [0.15, 0.2) is 60.9 Å². The van der Waals surface area contributed by atoms with Crippen molar-refractivity contribution in [3.63, 3.8) is 0 Å². The number of hydrogen-bond donors (Lipinski definition) is 3. The van der Waals surface area contributed by atoms with Gasteiger partial charge in [-0.15, -0.1) is 0 Å². The van der Waals surface area contributed by atoms with Gasteiger partial charge >= 0.3 is 17.9 Å². The van der Waals surface area contributed by atoms with Gasteiger partial charge in [-0.2, -0.15) is 0 Å².